The minimum absolute atomic E-state index is 0.00563. The van der Waals surface area contributed by atoms with E-state index in [-0.39, 0.29) is 31.0 Å². The molecule has 2 aromatic rings. The topological polar surface area (TPSA) is 114 Å². The van der Waals surface area contributed by atoms with Gasteiger partial charge in [-0.25, -0.2) is 9.59 Å². The molecule has 2 aliphatic carbocycles. The molecule has 34 heavy (non-hydrogen) atoms. The van der Waals surface area contributed by atoms with Crippen molar-refractivity contribution in [2.24, 2.45) is 5.92 Å². The standard InChI is InChI=1S/C26H28N2O6/c29-24(27-21-12-13-33-23(21)25(30)31)22(15-6-5-7-15)28-26(32)34-14-20-18-10-3-1-8-16(18)17-9-2-4-11-19(17)20/h1-4,8-11,15,20-23H,5-7,12-14H2,(H,27,29)(H,28,32)(H,30,31)/t21-,22?,23+/m1/s1. The Morgan fingerprint density at radius 1 is 1.00 bits per heavy atom. The molecule has 2 fully saturated rings. The van der Waals surface area contributed by atoms with Gasteiger partial charge in [-0.2, -0.15) is 0 Å². The molecule has 2 amide bonds. The highest BCUT2D eigenvalue weighted by Gasteiger charge is 2.40. The number of hydrogen-bond acceptors (Lipinski definition) is 5. The second kappa shape index (κ2) is 9.46. The second-order valence-electron chi connectivity index (χ2n) is 9.17. The lowest BCUT2D eigenvalue weighted by molar-refractivity contribution is -0.148. The summed E-state index contributed by atoms with van der Waals surface area (Å²) in [6.45, 7) is 0.437. The molecule has 0 bridgehead atoms. The van der Waals surface area contributed by atoms with E-state index in [0.717, 1.165) is 41.5 Å². The SMILES string of the molecule is O=C(NC(C(=O)N[C@@H]1CCO[C@@H]1C(=O)O)C1CCC1)OCC1c2ccccc2-c2ccccc21. The predicted octanol–water partition coefficient (Wildman–Crippen LogP) is 3.05. The molecule has 3 N–H and O–H groups in total. The van der Waals surface area contributed by atoms with E-state index in [1.807, 2.05) is 24.3 Å². The molecular weight excluding hydrogens is 436 g/mol. The minimum atomic E-state index is -1.10. The summed E-state index contributed by atoms with van der Waals surface area (Å²) in [6, 6.07) is 14.8. The number of carboxylic acid groups (broad SMARTS) is 1. The van der Waals surface area contributed by atoms with E-state index < -0.39 is 30.3 Å². The highest BCUT2D eigenvalue weighted by Crippen LogP contribution is 2.44. The molecule has 2 aromatic carbocycles. The monoisotopic (exact) mass is 464 g/mol. The molecule has 0 radical (unpaired) electrons. The van der Waals surface area contributed by atoms with Crippen molar-refractivity contribution in [1.82, 2.24) is 10.6 Å². The van der Waals surface area contributed by atoms with Gasteiger partial charge in [0.15, 0.2) is 6.10 Å². The fourth-order valence-corrected chi connectivity index (χ4v) is 5.19. The maximum absolute atomic E-state index is 13.0. The van der Waals surface area contributed by atoms with Gasteiger partial charge in [-0.3, -0.25) is 4.79 Å². The molecule has 5 rings (SSSR count). The van der Waals surface area contributed by atoms with Crippen LogP contribution in [-0.4, -0.2) is 54.5 Å². The fourth-order valence-electron chi connectivity index (χ4n) is 5.19. The number of amides is 2. The number of rotatable bonds is 7. The number of carbonyl (C=O) groups excluding carboxylic acids is 2. The number of alkyl carbamates (subject to hydrolysis) is 1. The van der Waals surface area contributed by atoms with Crippen LogP contribution in [-0.2, 0) is 19.1 Å². The van der Waals surface area contributed by atoms with Gasteiger partial charge in [0.05, 0.1) is 6.04 Å². The Morgan fingerprint density at radius 2 is 1.65 bits per heavy atom. The molecule has 0 spiro atoms. The molecule has 1 saturated carbocycles. The maximum atomic E-state index is 13.0. The van der Waals surface area contributed by atoms with Crippen LogP contribution in [0.25, 0.3) is 11.1 Å². The van der Waals surface area contributed by atoms with E-state index in [2.05, 4.69) is 34.9 Å². The van der Waals surface area contributed by atoms with Gasteiger partial charge >= 0.3 is 12.1 Å². The summed E-state index contributed by atoms with van der Waals surface area (Å²) >= 11 is 0. The molecular formula is C26H28N2O6. The lowest BCUT2D eigenvalue weighted by Crippen LogP contribution is -2.56. The van der Waals surface area contributed by atoms with Crippen molar-refractivity contribution in [1.29, 1.82) is 0 Å². The maximum Gasteiger partial charge on any atom is 0.407 e. The molecule has 1 saturated heterocycles. The van der Waals surface area contributed by atoms with Crippen molar-refractivity contribution in [2.75, 3.05) is 13.2 Å². The number of carboxylic acids is 1. The van der Waals surface area contributed by atoms with Crippen LogP contribution >= 0.6 is 0 Å². The zero-order chi connectivity index (χ0) is 23.7. The second-order valence-corrected chi connectivity index (χ2v) is 9.17. The summed E-state index contributed by atoms with van der Waals surface area (Å²) in [7, 11) is 0. The number of benzene rings is 2. The molecule has 3 aliphatic rings. The van der Waals surface area contributed by atoms with Gasteiger partial charge in [-0.1, -0.05) is 55.0 Å². The van der Waals surface area contributed by atoms with Crippen LogP contribution in [0.2, 0.25) is 0 Å². The summed E-state index contributed by atoms with van der Waals surface area (Å²) in [6.07, 6.45) is 1.35. The smallest absolute Gasteiger partial charge is 0.407 e. The van der Waals surface area contributed by atoms with Gasteiger partial charge in [0.2, 0.25) is 5.91 Å². The number of hydrogen-bond donors (Lipinski definition) is 3. The summed E-state index contributed by atoms with van der Waals surface area (Å²) in [5.74, 6) is -1.56. The van der Waals surface area contributed by atoms with Gasteiger partial charge in [0, 0.05) is 12.5 Å². The van der Waals surface area contributed by atoms with Crippen LogP contribution < -0.4 is 10.6 Å². The van der Waals surface area contributed by atoms with E-state index in [0.29, 0.717) is 6.42 Å². The van der Waals surface area contributed by atoms with Crippen LogP contribution in [0, 0.1) is 5.92 Å². The van der Waals surface area contributed by atoms with Gasteiger partial charge in [0.25, 0.3) is 0 Å². The molecule has 0 aromatic heterocycles. The lowest BCUT2D eigenvalue weighted by atomic mass is 9.79. The van der Waals surface area contributed by atoms with Crippen LogP contribution in [0.3, 0.4) is 0 Å². The lowest BCUT2D eigenvalue weighted by Gasteiger charge is -2.34. The highest BCUT2D eigenvalue weighted by atomic mass is 16.5. The quantitative estimate of drug-likeness (QED) is 0.580. The summed E-state index contributed by atoms with van der Waals surface area (Å²) in [5, 5.41) is 14.8. The Kier molecular flexibility index (Phi) is 6.24. The number of fused-ring (bicyclic) bond motifs is 3. The van der Waals surface area contributed by atoms with E-state index in [1.165, 1.54) is 0 Å². The van der Waals surface area contributed by atoms with Crippen molar-refractivity contribution in [3.8, 4) is 11.1 Å². The van der Waals surface area contributed by atoms with E-state index in [4.69, 9.17) is 9.47 Å². The van der Waals surface area contributed by atoms with Crippen LogP contribution in [0.4, 0.5) is 4.79 Å². The molecule has 1 heterocycles. The van der Waals surface area contributed by atoms with Crippen LogP contribution in [0.15, 0.2) is 48.5 Å². The Balaban J connectivity index is 1.24. The van der Waals surface area contributed by atoms with Crippen molar-refractivity contribution >= 4 is 18.0 Å². The normalized spacial score (nSPS) is 22.2. The van der Waals surface area contributed by atoms with E-state index in [9.17, 15) is 19.5 Å². The van der Waals surface area contributed by atoms with Crippen molar-refractivity contribution in [3.05, 3.63) is 59.7 Å². The molecule has 8 nitrogen and oxygen atoms in total. The summed E-state index contributed by atoms with van der Waals surface area (Å²) in [5.41, 5.74) is 4.52. The number of carbonyl (C=O) groups is 3. The Hall–Kier alpha value is -3.39. The van der Waals surface area contributed by atoms with Crippen molar-refractivity contribution in [2.45, 2.75) is 49.8 Å². The first-order valence-electron chi connectivity index (χ1n) is 11.8. The number of nitrogens with one attached hydrogen (secondary N) is 2. The third kappa shape index (κ3) is 4.25. The number of aliphatic carboxylic acids is 1. The average Bonchev–Trinajstić information content (AvgIpc) is 3.39. The Bertz CT molecular complexity index is 1050. The molecule has 178 valence electrons. The van der Waals surface area contributed by atoms with Gasteiger partial charge in [0.1, 0.15) is 12.6 Å². The number of ether oxygens (including phenoxy) is 2. The minimum Gasteiger partial charge on any atom is -0.479 e. The van der Waals surface area contributed by atoms with Gasteiger partial charge in [-0.05, 0) is 47.4 Å². The molecule has 8 heteroatoms. The predicted molar refractivity (Wildman–Crippen MR) is 123 cm³/mol. The Labute approximate surface area is 197 Å². The largest absolute Gasteiger partial charge is 0.479 e. The third-order valence-corrected chi connectivity index (χ3v) is 7.18. The highest BCUT2D eigenvalue weighted by molar-refractivity contribution is 5.87. The fraction of sp³-hybridized carbons (Fsp3) is 0.423. The third-order valence-electron chi connectivity index (χ3n) is 7.18. The van der Waals surface area contributed by atoms with E-state index >= 15 is 0 Å². The molecule has 3 atom stereocenters. The molecule has 1 unspecified atom stereocenters. The summed E-state index contributed by atoms with van der Waals surface area (Å²) < 4.78 is 10.8. The average molecular weight is 465 g/mol. The zero-order valence-electron chi connectivity index (χ0n) is 18.7. The van der Waals surface area contributed by atoms with Crippen molar-refractivity contribution < 1.29 is 29.0 Å². The zero-order valence-corrected chi connectivity index (χ0v) is 18.7. The Morgan fingerprint density at radius 3 is 2.24 bits per heavy atom. The van der Waals surface area contributed by atoms with Crippen molar-refractivity contribution in [3.63, 3.8) is 0 Å². The first kappa shape index (κ1) is 22.4. The first-order valence-corrected chi connectivity index (χ1v) is 11.8. The molecule has 1 aliphatic heterocycles. The first-order chi connectivity index (χ1) is 16.5. The van der Waals surface area contributed by atoms with Gasteiger partial charge in [-0.15, -0.1) is 0 Å². The summed E-state index contributed by atoms with van der Waals surface area (Å²) in [4.78, 5) is 37.1. The van der Waals surface area contributed by atoms with E-state index in [1.54, 1.807) is 0 Å². The van der Waals surface area contributed by atoms with Crippen LogP contribution in [0.5, 0.6) is 0 Å². The van der Waals surface area contributed by atoms with Crippen LogP contribution in [0.1, 0.15) is 42.7 Å². The van der Waals surface area contributed by atoms with Gasteiger partial charge < -0.3 is 25.2 Å².